The first-order valence-corrected chi connectivity index (χ1v) is 5.94. The topological polar surface area (TPSA) is 85.8 Å². The first kappa shape index (κ1) is 14.6. The molecule has 0 spiro atoms. The van der Waals surface area contributed by atoms with Gasteiger partial charge in [0.2, 0.25) is 0 Å². The van der Waals surface area contributed by atoms with Gasteiger partial charge in [-0.2, -0.15) is 5.10 Å². The van der Waals surface area contributed by atoms with Crippen molar-refractivity contribution < 1.29 is 4.79 Å². The van der Waals surface area contributed by atoms with E-state index in [9.17, 15) is 4.79 Å². The van der Waals surface area contributed by atoms with Gasteiger partial charge in [0, 0.05) is 25.0 Å². The molecule has 0 atom stereocenters. The van der Waals surface area contributed by atoms with Crippen LogP contribution in [0.5, 0.6) is 0 Å². The van der Waals surface area contributed by atoms with Gasteiger partial charge in [-0.1, -0.05) is 0 Å². The highest BCUT2D eigenvalue weighted by atomic mass is 35.5. The van der Waals surface area contributed by atoms with E-state index in [2.05, 4.69) is 15.4 Å². The largest absolute Gasteiger partial charge is 0.325 e. The van der Waals surface area contributed by atoms with Crippen LogP contribution in [0.2, 0.25) is 0 Å². The summed E-state index contributed by atoms with van der Waals surface area (Å²) in [5, 5.41) is 9.33. The van der Waals surface area contributed by atoms with Crippen LogP contribution in [0.25, 0.3) is 0 Å². The fourth-order valence-electron chi connectivity index (χ4n) is 1.42. The summed E-state index contributed by atoms with van der Waals surface area (Å²) in [6.07, 6.45) is 0. The van der Waals surface area contributed by atoms with Crippen LogP contribution >= 0.6 is 23.7 Å². The zero-order valence-electron chi connectivity index (χ0n) is 10.0. The van der Waals surface area contributed by atoms with Gasteiger partial charge in [-0.3, -0.25) is 9.48 Å². The van der Waals surface area contributed by atoms with Gasteiger partial charge in [0.1, 0.15) is 16.5 Å². The highest BCUT2D eigenvalue weighted by molar-refractivity contribution is 7.09. The molecule has 0 radical (unpaired) electrons. The highest BCUT2D eigenvalue weighted by Gasteiger charge is 2.12. The molecule has 3 N–H and O–H groups in total. The number of carbonyl (C=O) groups is 1. The van der Waals surface area contributed by atoms with Gasteiger partial charge >= 0.3 is 0 Å². The molecule has 0 aliphatic rings. The molecule has 0 saturated carbocycles. The third kappa shape index (κ3) is 3.06. The summed E-state index contributed by atoms with van der Waals surface area (Å²) >= 11 is 1.38. The molecule has 18 heavy (non-hydrogen) atoms. The third-order valence-corrected chi connectivity index (χ3v) is 3.07. The molecule has 0 unspecified atom stereocenters. The maximum Gasteiger partial charge on any atom is 0.276 e. The molecular weight excluding hydrogens is 274 g/mol. The third-order valence-electron chi connectivity index (χ3n) is 2.20. The van der Waals surface area contributed by atoms with Crippen LogP contribution in [0.1, 0.15) is 21.2 Å². The SMILES string of the molecule is Cc1cc(NC(=O)c2csc(CN)n2)n(C)n1.Cl. The molecule has 0 aliphatic carbocycles. The van der Waals surface area contributed by atoms with Gasteiger partial charge in [0.15, 0.2) is 0 Å². The Balaban J connectivity index is 0.00000162. The quantitative estimate of drug-likeness (QED) is 0.891. The summed E-state index contributed by atoms with van der Waals surface area (Å²) in [7, 11) is 1.77. The second kappa shape index (κ2) is 5.94. The van der Waals surface area contributed by atoms with Crippen molar-refractivity contribution in [1.82, 2.24) is 14.8 Å². The first-order valence-electron chi connectivity index (χ1n) is 5.06. The van der Waals surface area contributed by atoms with E-state index in [1.807, 2.05) is 6.92 Å². The van der Waals surface area contributed by atoms with E-state index in [-0.39, 0.29) is 18.3 Å². The minimum Gasteiger partial charge on any atom is -0.325 e. The number of thiazole rings is 1. The number of halogens is 1. The Bertz CT molecular complexity index is 550. The van der Waals surface area contributed by atoms with Crippen molar-refractivity contribution in [3.05, 3.63) is 27.8 Å². The van der Waals surface area contributed by atoms with E-state index in [1.54, 1.807) is 23.2 Å². The number of carbonyl (C=O) groups excluding carboxylic acids is 1. The number of nitrogens with zero attached hydrogens (tertiary/aromatic N) is 3. The minimum absolute atomic E-state index is 0. The maximum absolute atomic E-state index is 11.9. The van der Waals surface area contributed by atoms with Gasteiger partial charge in [0.25, 0.3) is 5.91 Å². The van der Waals surface area contributed by atoms with Gasteiger partial charge in [0.05, 0.1) is 5.69 Å². The van der Waals surface area contributed by atoms with Crippen LogP contribution in [0.3, 0.4) is 0 Å². The molecule has 1 amide bonds. The summed E-state index contributed by atoms with van der Waals surface area (Å²) in [6, 6.07) is 1.80. The van der Waals surface area contributed by atoms with Crippen LogP contribution in [0.4, 0.5) is 5.82 Å². The van der Waals surface area contributed by atoms with Crippen molar-refractivity contribution in [1.29, 1.82) is 0 Å². The molecule has 0 aliphatic heterocycles. The zero-order valence-corrected chi connectivity index (χ0v) is 11.6. The minimum atomic E-state index is -0.246. The maximum atomic E-state index is 11.9. The monoisotopic (exact) mass is 287 g/mol. The van der Waals surface area contributed by atoms with E-state index in [0.717, 1.165) is 10.7 Å². The number of amides is 1. The molecule has 0 aromatic carbocycles. The lowest BCUT2D eigenvalue weighted by molar-refractivity contribution is 0.102. The molecule has 8 heteroatoms. The average molecular weight is 288 g/mol. The molecule has 2 aromatic rings. The number of nitrogens with two attached hydrogens (primary N) is 1. The van der Waals surface area contributed by atoms with Crippen LogP contribution < -0.4 is 11.1 Å². The Kier molecular flexibility index (Phi) is 4.83. The smallest absolute Gasteiger partial charge is 0.276 e. The van der Waals surface area contributed by atoms with Crippen LogP contribution in [-0.4, -0.2) is 20.7 Å². The number of aromatic nitrogens is 3. The summed E-state index contributed by atoms with van der Waals surface area (Å²) in [5.74, 6) is 0.402. The van der Waals surface area contributed by atoms with Crippen molar-refractivity contribution in [2.75, 3.05) is 5.32 Å². The van der Waals surface area contributed by atoms with E-state index in [1.165, 1.54) is 11.3 Å². The van der Waals surface area contributed by atoms with E-state index in [4.69, 9.17) is 5.73 Å². The van der Waals surface area contributed by atoms with E-state index >= 15 is 0 Å². The molecule has 6 nitrogen and oxygen atoms in total. The number of aryl methyl sites for hydroxylation is 2. The lowest BCUT2D eigenvalue weighted by atomic mass is 10.4. The number of rotatable bonds is 3. The molecule has 2 rings (SSSR count). The van der Waals surface area contributed by atoms with Crippen LogP contribution in [-0.2, 0) is 13.6 Å². The van der Waals surface area contributed by atoms with Crippen LogP contribution in [0, 0.1) is 6.92 Å². The first-order chi connectivity index (χ1) is 8.10. The van der Waals surface area contributed by atoms with E-state index < -0.39 is 0 Å². The molecule has 2 aromatic heterocycles. The fraction of sp³-hybridized carbons (Fsp3) is 0.300. The van der Waals surface area contributed by atoms with Crippen molar-refractivity contribution >= 4 is 35.5 Å². The highest BCUT2D eigenvalue weighted by Crippen LogP contribution is 2.13. The Morgan fingerprint density at radius 2 is 2.33 bits per heavy atom. The number of hydrogen-bond acceptors (Lipinski definition) is 5. The number of anilines is 1. The molecule has 0 fully saturated rings. The molecule has 2 heterocycles. The standard InChI is InChI=1S/C10H13N5OS.ClH/c1-6-3-8(15(2)14-6)13-10(16)7-5-17-9(4-11)12-7;/h3,5H,4,11H2,1-2H3,(H,13,16);1H. The van der Waals surface area contributed by atoms with Gasteiger partial charge in [-0.15, -0.1) is 23.7 Å². The summed E-state index contributed by atoms with van der Waals surface area (Å²) in [6.45, 7) is 2.22. The Hall–Kier alpha value is -1.44. The number of nitrogens with one attached hydrogen (secondary N) is 1. The molecular formula is C10H14ClN5OS. The second-order valence-corrected chi connectivity index (χ2v) is 4.52. The molecule has 98 valence electrons. The van der Waals surface area contributed by atoms with Crippen molar-refractivity contribution in [3.63, 3.8) is 0 Å². The molecule has 0 bridgehead atoms. The summed E-state index contributed by atoms with van der Waals surface area (Å²) < 4.78 is 1.61. The van der Waals surface area contributed by atoms with Gasteiger partial charge in [-0.05, 0) is 6.92 Å². The lowest BCUT2D eigenvalue weighted by Crippen LogP contribution is -2.15. The fourth-order valence-corrected chi connectivity index (χ4v) is 2.07. The number of hydrogen-bond donors (Lipinski definition) is 2. The van der Waals surface area contributed by atoms with E-state index in [0.29, 0.717) is 18.1 Å². The van der Waals surface area contributed by atoms with Gasteiger partial charge < -0.3 is 11.1 Å². The van der Waals surface area contributed by atoms with Crippen LogP contribution in [0.15, 0.2) is 11.4 Å². The second-order valence-electron chi connectivity index (χ2n) is 3.58. The zero-order chi connectivity index (χ0) is 12.4. The molecule has 0 saturated heterocycles. The summed E-state index contributed by atoms with van der Waals surface area (Å²) in [5.41, 5.74) is 6.68. The van der Waals surface area contributed by atoms with Gasteiger partial charge in [-0.25, -0.2) is 4.98 Å². The predicted molar refractivity (Wildman–Crippen MR) is 73.2 cm³/mol. The normalized spacial score (nSPS) is 9.94. The average Bonchev–Trinajstić information content (AvgIpc) is 2.86. The predicted octanol–water partition coefficient (Wildman–Crippen LogP) is 1.32. The summed E-state index contributed by atoms with van der Waals surface area (Å²) in [4.78, 5) is 16.0. The Morgan fingerprint density at radius 1 is 1.61 bits per heavy atom. The Morgan fingerprint density at radius 3 is 2.83 bits per heavy atom. The van der Waals surface area contributed by atoms with Crippen molar-refractivity contribution in [2.45, 2.75) is 13.5 Å². The lowest BCUT2D eigenvalue weighted by Gasteiger charge is -2.02. The van der Waals surface area contributed by atoms with Crippen molar-refractivity contribution in [2.24, 2.45) is 12.8 Å². The van der Waals surface area contributed by atoms with Crippen molar-refractivity contribution in [3.8, 4) is 0 Å². The Labute approximate surface area is 115 Å².